The fraction of sp³-hybridized carbons (Fsp3) is 0.250. The molecule has 2 rings (SSSR count). The highest BCUT2D eigenvalue weighted by molar-refractivity contribution is 5.92. The van der Waals surface area contributed by atoms with E-state index < -0.39 is 18.0 Å². The Bertz CT molecular complexity index is 575. The van der Waals surface area contributed by atoms with Gasteiger partial charge in [0.15, 0.2) is 6.10 Å². The van der Waals surface area contributed by atoms with Gasteiger partial charge in [-0.25, -0.2) is 9.78 Å². The zero-order chi connectivity index (χ0) is 13.8. The molecule has 1 unspecified atom stereocenters. The lowest BCUT2D eigenvalue weighted by Gasteiger charge is -2.05. The predicted molar refractivity (Wildman–Crippen MR) is 65.8 cm³/mol. The molecule has 2 aromatic rings. The lowest BCUT2D eigenvalue weighted by molar-refractivity contribution is -0.146. The lowest BCUT2D eigenvalue weighted by Crippen LogP contribution is -2.30. The third-order valence-corrected chi connectivity index (χ3v) is 2.59. The second-order valence-electron chi connectivity index (χ2n) is 3.99. The number of rotatable bonds is 5. The van der Waals surface area contributed by atoms with Crippen LogP contribution < -0.4 is 5.32 Å². The number of nitrogens with zero attached hydrogens (tertiary/aromatic N) is 2. The van der Waals surface area contributed by atoms with E-state index in [1.807, 2.05) is 12.1 Å². The van der Waals surface area contributed by atoms with Crippen LogP contribution in [0.1, 0.15) is 16.9 Å². The number of aromatic nitrogens is 2. The molecule has 0 aliphatic heterocycles. The number of imidazole rings is 1. The van der Waals surface area contributed by atoms with Gasteiger partial charge in [-0.3, -0.25) is 4.79 Å². The van der Waals surface area contributed by atoms with Crippen molar-refractivity contribution in [3.05, 3.63) is 36.3 Å². The number of hydrogen-bond donors (Lipinski definition) is 3. The predicted octanol–water partition coefficient (Wildman–Crippen LogP) is -0.100. The molecule has 0 aromatic carbocycles. The van der Waals surface area contributed by atoms with Crippen molar-refractivity contribution >= 4 is 17.5 Å². The lowest BCUT2D eigenvalue weighted by atomic mass is 10.2. The minimum Gasteiger partial charge on any atom is -0.479 e. The minimum atomic E-state index is -1.47. The highest BCUT2D eigenvalue weighted by atomic mass is 16.4. The molecular formula is C12H13N3O4. The fourth-order valence-corrected chi connectivity index (χ4v) is 1.58. The highest BCUT2D eigenvalue weighted by Gasteiger charge is 2.14. The van der Waals surface area contributed by atoms with Crippen molar-refractivity contribution in [3.8, 4) is 0 Å². The summed E-state index contributed by atoms with van der Waals surface area (Å²) in [4.78, 5) is 26.3. The fourth-order valence-electron chi connectivity index (χ4n) is 1.58. The summed E-state index contributed by atoms with van der Waals surface area (Å²) in [6.07, 6.45) is 1.83. The van der Waals surface area contributed by atoms with Crippen LogP contribution >= 0.6 is 0 Å². The number of hydrogen-bond acceptors (Lipinski definition) is 4. The molecule has 0 saturated carbocycles. The molecule has 2 aromatic heterocycles. The van der Waals surface area contributed by atoms with Gasteiger partial charge in [-0.2, -0.15) is 0 Å². The van der Waals surface area contributed by atoms with Crippen LogP contribution in [0.2, 0.25) is 0 Å². The smallest absolute Gasteiger partial charge is 0.332 e. The molecular weight excluding hydrogens is 250 g/mol. The first kappa shape index (κ1) is 13.0. The standard InChI is InChI=1S/C12H13N3O4/c16-9(12(18)19)4-5-13-11(17)8-7-15-6-2-1-3-10(15)14-8/h1-3,6-7,9,16H,4-5H2,(H,13,17)(H,18,19). The van der Waals surface area contributed by atoms with Crippen molar-refractivity contribution in [1.29, 1.82) is 0 Å². The van der Waals surface area contributed by atoms with Crippen LogP contribution in [0.3, 0.4) is 0 Å². The van der Waals surface area contributed by atoms with Gasteiger partial charge < -0.3 is 19.9 Å². The van der Waals surface area contributed by atoms with Crippen molar-refractivity contribution in [3.63, 3.8) is 0 Å². The Morgan fingerprint density at radius 2 is 2.21 bits per heavy atom. The van der Waals surface area contributed by atoms with Gasteiger partial charge in [0, 0.05) is 25.4 Å². The molecule has 100 valence electrons. The van der Waals surface area contributed by atoms with E-state index in [4.69, 9.17) is 10.2 Å². The second-order valence-corrected chi connectivity index (χ2v) is 3.99. The van der Waals surface area contributed by atoms with E-state index in [9.17, 15) is 9.59 Å². The third kappa shape index (κ3) is 3.08. The van der Waals surface area contributed by atoms with Crippen LogP contribution in [0.5, 0.6) is 0 Å². The Morgan fingerprint density at radius 3 is 2.89 bits per heavy atom. The Balaban J connectivity index is 1.94. The number of amides is 1. The minimum absolute atomic E-state index is 0.0472. The number of aliphatic carboxylic acids is 1. The quantitative estimate of drug-likeness (QED) is 0.698. The van der Waals surface area contributed by atoms with Gasteiger partial charge in [0.2, 0.25) is 0 Å². The van der Waals surface area contributed by atoms with E-state index >= 15 is 0 Å². The molecule has 0 aliphatic carbocycles. The number of carboxylic acids is 1. The first-order chi connectivity index (χ1) is 9.08. The van der Waals surface area contributed by atoms with E-state index in [2.05, 4.69) is 10.3 Å². The summed E-state index contributed by atoms with van der Waals surface area (Å²) in [5, 5.41) is 20.0. The molecule has 0 fully saturated rings. The van der Waals surface area contributed by atoms with Crippen LogP contribution in [0.15, 0.2) is 30.6 Å². The van der Waals surface area contributed by atoms with Crippen molar-refractivity contribution in [2.45, 2.75) is 12.5 Å². The van der Waals surface area contributed by atoms with Crippen molar-refractivity contribution < 1.29 is 19.8 Å². The van der Waals surface area contributed by atoms with E-state index in [1.54, 1.807) is 22.9 Å². The molecule has 3 N–H and O–H groups in total. The van der Waals surface area contributed by atoms with Crippen molar-refractivity contribution in [2.75, 3.05) is 6.54 Å². The van der Waals surface area contributed by atoms with Gasteiger partial charge >= 0.3 is 5.97 Å². The monoisotopic (exact) mass is 263 g/mol. The van der Waals surface area contributed by atoms with E-state index in [1.165, 1.54) is 0 Å². The highest BCUT2D eigenvalue weighted by Crippen LogP contribution is 2.04. The SMILES string of the molecule is O=C(NCCC(O)C(=O)O)c1cn2ccccc2n1. The Kier molecular flexibility index (Phi) is 3.76. The molecule has 7 heteroatoms. The molecule has 0 spiro atoms. The largest absolute Gasteiger partial charge is 0.479 e. The summed E-state index contributed by atoms with van der Waals surface area (Å²) in [6.45, 7) is 0.0696. The van der Waals surface area contributed by atoms with Crippen LogP contribution in [-0.2, 0) is 4.79 Å². The summed E-state index contributed by atoms with van der Waals surface area (Å²) in [6, 6.07) is 5.40. The van der Waals surface area contributed by atoms with Crippen molar-refractivity contribution in [1.82, 2.24) is 14.7 Å². The van der Waals surface area contributed by atoms with Gasteiger partial charge in [-0.05, 0) is 12.1 Å². The molecule has 0 saturated heterocycles. The van der Waals surface area contributed by atoms with Gasteiger partial charge in [0.05, 0.1) is 0 Å². The maximum atomic E-state index is 11.7. The number of carboxylic acid groups (broad SMARTS) is 1. The van der Waals surface area contributed by atoms with Crippen LogP contribution in [0, 0.1) is 0 Å². The molecule has 0 radical (unpaired) electrons. The second kappa shape index (κ2) is 5.49. The summed E-state index contributed by atoms with van der Waals surface area (Å²) < 4.78 is 1.71. The molecule has 19 heavy (non-hydrogen) atoms. The average molecular weight is 263 g/mol. The van der Waals surface area contributed by atoms with Gasteiger partial charge in [-0.15, -0.1) is 0 Å². The summed E-state index contributed by atoms with van der Waals surface area (Å²) in [7, 11) is 0. The number of aliphatic hydroxyl groups is 1. The van der Waals surface area contributed by atoms with E-state index in [-0.39, 0.29) is 18.7 Å². The number of nitrogens with one attached hydrogen (secondary N) is 1. The summed E-state index contributed by atoms with van der Waals surface area (Å²) in [5.41, 5.74) is 0.897. The van der Waals surface area contributed by atoms with E-state index in [0.717, 1.165) is 0 Å². The number of carbonyl (C=O) groups excluding carboxylic acids is 1. The van der Waals surface area contributed by atoms with Crippen molar-refractivity contribution in [2.24, 2.45) is 0 Å². The summed E-state index contributed by atoms with van der Waals surface area (Å²) >= 11 is 0. The Hall–Kier alpha value is -2.41. The molecule has 1 atom stereocenters. The normalized spacial score (nSPS) is 12.3. The number of carbonyl (C=O) groups is 2. The first-order valence-electron chi connectivity index (χ1n) is 5.71. The maximum Gasteiger partial charge on any atom is 0.332 e. The zero-order valence-electron chi connectivity index (χ0n) is 9.98. The number of aliphatic hydroxyl groups excluding tert-OH is 1. The Morgan fingerprint density at radius 1 is 1.42 bits per heavy atom. The van der Waals surface area contributed by atoms with Gasteiger partial charge in [0.1, 0.15) is 11.3 Å². The summed E-state index contributed by atoms with van der Waals surface area (Å²) in [5.74, 6) is -1.71. The maximum absolute atomic E-state index is 11.7. The zero-order valence-corrected chi connectivity index (χ0v) is 9.98. The molecule has 2 heterocycles. The molecule has 7 nitrogen and oxygen atoms in total. The Labute approximate surface area is 108 Å². The molecule has 0 aliphatic rings. The number of pyridine rings is 1. The average Bonchev–Trinajstić information content (AvgIpc) is 2.82. The molecule has 0 bridgehead atoms. The van der Waals surface area contributed by atoms with Gasteiger partial charge in [0.25, 0.3) is 5.91 Å². The number of fused-ring (bicyclic) bond motifs is 1. The van der Waals surface area contributed by atoms with Crippen LogP contribution in [0.4, 0.5) is 0 Å². The van der Waals surface area contributed by atoms with Gasteiger partial charge in [-0.1, -0.05) is 6.07 Å². The van der Waals surface area contributed by atoms with Crippen LogP contribution in [0.25, 0.3) is 5.65 Å². The van der Waals surface area contributed by atoms with E-state index in [0.29, 0.717) is 5.65 Å². The first-order valence-corrected chi connectivity index (χ1v) is 5.71. The third-order valence-electron chi connectivity index (χ3n) is 2.59. The molecule has 1 amide bonds. The van der Waals surface area contributed by atoms with Crippen LogP contribution in [-0.4, -0.2) is 44.1 Å². The topological polar surface area (TPSA) is 104 Å².